The van der Waals surface area contributed by atoms with Crippen LogP contribution in [0.3, 0.4) is 0 Å². The SMILES string of the molecule is COc1ccc(OC)c2c1cc1c3c(cc4c(c32)OCO4)C(=O)N1. The fourth-order valence-electron chi connectivity index (χ4n) is 3.57. The molecule has 0 spiro atoms. The number of benzene rings is 3. The van der Waals surface area contributed by atoms with E-state index in [0.717, 1.165) is 27.2 Å². The van der Waals surface area contributed by atoms with Gasteiger partial charge in [-0.05, 0) is 24.3 Å². The molecule has 3 aromatic carbocycles. The molecule has 0 saturated heterocycles. The van der Waals surface area contributed by atoms with Crippen LogP contribution in [-0.2, 0) is 0 Å². The van der Waals surface area contributed by atoms with Crippen molar-refractivity contribution in [1.82, 2.24) is 0 Å². The molecule has 0 aliphatic carbocycles. The van der Waals surface area contributed by atoms with Gasteiger partial charge in [0.25, 0.3) is 5.91 Å². The number of nitrogens with one attached hydrogen (secondary N) is 1. The molecule has 1 N–H and O–H groups in total. The highest BCUT2D eigenvalue weighted by atomic mass is 16.7. The number of anilines is 1. The Morgan fingerprint density at radius 1 is 1.00 bits per heavy atom. The lowest BCUT2D eigenvalue weighted by molar-refractivity contribution is 0.103. The summed E-state index contributed by atoms with van der Waals surface area (Å²) in [5.41, 5.74) is 1.32. The monoisotopic (exact) mass is 323 g/mol. The van der Waals surface area contributed by atoms with Crippen LogP contribution >= 0.6 is 0 Å². The van der Waals surface area contributed by atoms with E-state index in [-0.39, 0.29) is 12.7 Å². The third kappa shape index (κ3) is 1.47. The van der Waals surface area contributed by atoms with Gasteiger partial charge in [0.2, 0.25) is 6.79 Å². The Hall–Kier alpha value is -3.15. The number of hydrogen-bond donors (Lipinski definition) is 1. The minimum Gasteiger partial charge on any atom is -0.496 e. The number of carbonyl (C=O) groups excluding carboxylic acids is 1. The zero-order chi connectivity index (χ0) is 16.4. The molecule has 0 bridgehead atoms. The van der Waals surface area contributed by atoms with Gasteiger partial charge < -0.3 is 24.3 Å². The molecule has 2 aliphatic rings. The summed E-state index contributed by atoms with van der Waals surface area (Å²) < 4.78 is 22.3. The van der Waals surface area contributed by atoms with Crippen molar-refractivity contribution in [1.29, 1.82) is 0 Å². The van der Waals surface area contributed by atoms with Crippen molar-refractivity contribution in [2.24, 2.45) is 0 Å². The molecule has 6 nitrogen and oxygen atoms in total. The summed E-state index contributed by atoms with van der Waals surface area (Å²) in [5.74, 6) is 2.43. The first kappa shape index (κ1) is 13.3. The van der Waals surface area contributed by atoms with Crippen LogP contribution in [0.4, 0.5) is 5.69 Å². The van der Waals surface area contributed by atoms with Gasteiger partial charge in [0, 0.05) is 21.5 Å². The minimum atomic E-state index is -0.151. The van der Waals surface area contributed by atoms with Gasteiger partial charge in [-0.2, -0.15) is 0 Å². The first-order valence-corrected chi connectivity index (χ1v) is 7.48. The minimum absolute atomic E-state index is 0.132. The summed E-state index contributed by atoms with van der Waals surface area (Å²) in [7, 11) is 3.23. The quantitative estimate of drug-likeness (QED) is 0.733. The molecular weight excluding hydrogens is 310 g/mol. The molecule has 0 radical (unpaired) electrons. The van der Waals surface area contributed by atoms with Crippen molar-refractivity contribution >= 4 is 33.1 Å². The second kappa shape index (κ2) is 4.44. The fraction of sp³-hybridized carbons (Fsp3) is 0.167. The zero-order valence-corrected chi connectivity index (χ0v) is 13.1. The molecule has 0 aromatic heterocycles. The van der Waals surface area contributed by atoms with Gasteiger partial charge in [0.15, 0.2) is 11.5 Å². The Morgan fingerprint density at radius 2 is 1.79 bits per heavy atom. The second-order valence-corrected chi connectivity index (χ2v) is 5.68. The number of methoxy groups -OCH3 is 2. The average Bonchev–Trinajstić information content (AvgIpc) is 3.19. The summed E-state index contributed by atoms with van der Waals surface area (Å²) in [6, 6.07) is 7.34. The van der Waals surface area contributed by atoms with Crippen molar-refractivity contribution < 1.29 is 23.7 Å². The van der Waals surface area contributed by atoms with Gasteiger partial charge in [0.05, 0.1) is 25.5 Å². The van der Waals surface area contributed by atoms with Gasteiger partial charge in [-0.25, -0.2) is 0 Å². The van der Waals surface area contributed by atoms with Crippen LogP contribution in [0.1, 0.15) is 10.4 Å². The third-order valence-electron chi connectivity index (χ3n) is 4.57. The number of rotatable bonds is 2. The van der Waals surface area contributed by atoms with Crippen molar-refractivity contribution in [2.45, 2.75) is 0 Å². The first-order chi connectivity index (χ1) is 11.7. The number of hydrogen-bond acceptors (Lipinski definition) is 5. The van der Waals surface area contributed by atoms with Crippen LogP contribution in [0.2, 0.25) is 0 Å². The van der Waals surface area contributed by atoms with E-state index in [1.165, 1.54) is 0 Å². The molecule has 6 heteroatoms. The van der Waals surface area contributed by atoms with E-state index in [9.17, 15) is 4.79 Å². The molecule has 5 rings (SSSR count). The lowest BCUT2D eigenvalue weighted by Crippen LogP contribution is -2.04. The van der Waals surface area contributed by atoms with Crippen LogP contribution in [0.15, 0.2) is 24.3 Å². The van der Waals surface area contributed by atoms with E-state index >= 15 is 0 Å². The number of amides is 1. The molecule has 0 atom stereocenters. The molecule has 0 fully saturated rings. The van der Waals surface area contributed by atoms with Crippen LogP contribution in [-0.4, -0.2) is 26.9 Å². The van der Waals surface area contributed by atoms with Crippen LogP contribution in [0.5, 0.6) is 23.0 Å². The van der Waals surface area contributed by atoms with Crippen LogP contribution < -0.4 is 24.3 Å². The highest BCUT2D eigenvalue weighted by molar-refractivity contribution is 6.31. The Balaban J connectivity index is 2.10. The van der Waals surface area contributed by atoms with Gasteiger partial charge in [-0.15, -0.1) is 0 Å². The maximum atomic E-state index is 12.4. The predicted molar refractivity (Wildman–Crippen MR) is 88.6 cm³/mol. The summed E-state index contributed by atoms with van der Waals surface area (Å²) >= 11 is 0. The lowest BCUT2D eigenvalue weighted by Gasteiger charge is -2.14. The molecule has 0 unspecified atom stereocenters. The van der Waals surface area contributed by atoms with Crippen molar-refractivity contribution in [3.63, 3.8) is 0 Å². The van der Waals surface area contributed by atoms with E-state index in [4.69, 9.17) is 18.9 Å². The van der Waals surface area contributed by atoms with Gasteiger partial charge >= 0.3 is 0 Å². The molecule has 2 aliphatic heterocycles. The van der Waals surface area contributed by atoms with E-state index < -0.39 is 0 Å². The predicted octanol–water partition coefficient (Wildman–Crippen LogP) is 3.30. The smallest absolute Gasteiger partial charge is 0.256 e. The van der Waals surface area contributed by atoms with Crippen LogP contribution in [0.25, 0.3) is 21.5 Å². The Bertz CT molecular complexity index is 1060. The molecular formula is C18H13NO5. The zero-order valence-electron chi connectivity index (χ0n) is 13.1. The molecule has 120 valence electrons. The van der Waals surface area contributed by atoms with Crippen molar-refractivity contribution in [3.8, 4) is 23.0 Å². The standard InChI is InChI=1S/C18H13NO5/c1-21-11-3-4-12(22-2)15-8(11)5-10-14-9(18(20)19-10)6-13-17(16(14)15)24-7-23-13/h3-6H,7H2,1-2H3,(H,19,20). The Morgan fingerprint density at radius 3 is 2.58 bits per heavy atom. The maximum absolute atomic E-state index is 12.4. The number of ether oxygens (including phenoxy) is 4. The second-order valence-electron chi connectivity index (χ2n) is 5.68. The molecule has 2 heterocycles. The van der Waals surface area contributed by atoms with Gasteiger partial charge in [0.1, 0.15) is 11.5 Å². The fourth-order valence-corrected chi connectivity index (χ4v) is 3.57. The lowest BCUT2D eigenvalue weighted by atomic mass is 9.96. The average molecular weight is 323 g/mol. The van der Waals surface area contributed by atoms with E-state index in [2.05, 4.69) is 5.32 Å². The highest BCUT2D eigenvalue weighted by Gasteiger charge is 2.31. The normalized spacial score (nSPS) is 14.3. The summed E-state index contributed by atoms with van der Waals surface area (Å²) in [6.07, 6.45) is 0. The van der Waals surface area contributed by atoms with Gasteiger partial charge in [-0.1, -0.05) is 0 Å². The molecule has 3 aromatic rings. The van der Waals surface area contributed by atoms with Crippen LogP contribution in [0, 0.1) is 0 Å². The molecule has 1 amide bonds. The van der Waals surface area contributed by atoms with Crippen molar-refractivity contribution in [2.75, 3.05) is 26.3 Å². The third-order valence-corrected chi connectivity index (χ3v) is 4.57. The topological polar surface area (TPSA) is 66.0 Å². The maximum Gasteiger partial charge on any atom is 0.256 e. The Kier molecular flexibility index (Phi) is 2.46. The van der Waals surface area contributed by atoms with E-state index in [1.54, 1.807) is 20.3 Å². The van der Waals surface area contributed by atoms with E-state index in [1.807, 2.05) is 18.2 Å². The summed E-state index contributed by atoms with van der Waals surface area (Å²) in [6.45, 7) is 0.132. The molecule has 0 saturated carbocycles. The van der Waals surface area contributed by atoms with Crippen molar-refractivity contribution in [3.05, 3.63) is 29.8 Å². The largest absolute Gasteiger partial charge is 0.496 e. The Labute approximate surface area is 136 Å². The first-order valence-electron chi connectivity index (χ1n) is 7.48. The highest BCUT2D eigenvalue weighted by Crippen LogP contribution is 2.52. The number of fused-ring (bicyclic) bond motifs is 4. The molecule has 24 heavy (non-hydrogen) atoms. The summed E-state index contributed by atoms with van der Waals surface area (Å²) in [4.78, 5) is 12.4. The summed E-state index contributed by atoms with van der Waals surface area (Å²) in [5, 5.41) is 6.22. The van der Waals surface area contributed by atoms with E-state index in [0.29, 0.717) is 28.6 Å². The number of carbonyl (C=O) groups is 1. The van der Waals surface area contributed by atoms with Gasteiger partial charge in [-0.3, -0.25) is 4.79 Å².